The fraction of sp³-hybridized carbons (Fsp3) is 0.462. The number of carbonyl (C=O) groups excluding carboxylic acids is 1. The predicted molar refractivity (Wildman–Crippen MR) is 69.4 cm³/mol. The third-order valence-electron chi connectivity index (χ3n) is 2.57. The molecule has 1 rings (SSSR count). The highest BCUT2D eigenvalue weighted by atomic mass is 19.1. The highest BCUT2D eigenvalue weighted by Crippen LogP contribution is 2.04. The third-order valence-corrected chi connectivity index (χ3v) is 2.57. The fourth-order valence-electron chi connectivity index (χ4n) is 1.51. The van der Waals surface area contributed by atoms with Crippen molar-refractivity contribution >= 4 is 5.91 Å². The summed E-state index contributed by atoms with van der Waals surface area (Å²) in [6.07, 6.45) is 0. The molecule has 0 bridgehead atoms. The molecule has 1 aromatic rings. The number of amides is 1. The van der Waals surface area contributed by atoms with Gasteiger partial charge in [-0.25, -0.2) is 4.39 Å². The monoisotopic (exact) mass is 253 g/mol. The van der Waals surface area contributed by atoms with Gasteiger partial charge in [0.05, 0.1) is 6.04 Å². The quantitative estimate of drug-likeness (QED) is 0.785. The summed E-state index contributed by atoms with van der Waals surface area (Å²) in [5, 5.41) is 2.74. The van der Waals surface area contributed by atoms with Gasteiger partial charge in [-0.1, -0.05) is 12.1 Å². The molecular weight excluding hydrogens is 233 g/mol. The van der Waals surface area contributed by atoms with Crippen molar-refractivity contribution in [3.63, 3.8) is 0 Å². The number of hydrogen-bond acceptors (Lipinski definition) is 3. The van der Waals surface area contributed by atoms with Crippen LogP contribution in [0.15, 0.2) is 24.3 Å². The summed E-state index contributed by atoms with van der Waals surface area (Å²) < 4.78 is 12.7. The summed E-state index contributed by atoms with van der Waals surface area (Å²) in [6.45, 7) is 3.64. The number of rotatable bonds is 6. The molecule has 4 nitrogen and oxygen atoms in total. The zero-order chi connectivity index (χ0) is 13.5. The van der Waals surface area contributed by atoms with Crippen LogP contribution in [0, 0.1) is 5.82 Å². The van der Waals surface area contributed by atoms with Crippen molar-refractivity contribution in [2.75, 3.05) is 20.1 Å². The van der Waals surface area contributed by atoms with Gasteiger partial charge in [0.15, 0.2) is 0 Å². The second-order valence-corrected chi connectivity index (χ2v) is 4.44. The van der Waals surface area contributed by atoms with Crippen LogP contribution >= 0.6 is 0 Å². The molecule has 5 heteroatoms. The van der Waals surface area contributed by atoms with Crippen LogP contribution < -0.4 is 11.1 Å². The Kier molecular flexibility index (Phi) is 5.74. The van der Waals surface area contributed by atoms with E-state index in [0.717, 1.165) is 12.1 Å². The van der Waals surface area contributed by atoms with Gasteiger partial charge < -0.3 is 16.0 Å². The number of carbonyl (C=O) groups is 1. The lowest BCUT2D eigenvalue weighted by Gasteiger charge is -2.17. The molecule has 0 spiro atoms. The van der Waals surface area contributed by atoms with Gasteiger partial charge in [-0.15, -0.1) is 0 Å². The molecular formula is C13H20FN3O. The van der Waals surface area contributed by atoms with Crippen molar-refractivity contribution in [1.82, 2.24) is 10.2 Å². The van der Waals surface area contributed by atoms with Gasteiger partial charge in [0.2, 0.25) is 5.91 Å². The van der Waals surface area contributed by atoms with Gasteiger partial charge in [-0.2, -0.15) is 0 Å². The number of nitrogens with one attached hydrogen (secondary N) is 1. The Morgan fingerprint density at radius 3 is 2.61 bits per heavy atom. The molecule has 3 N–H and O–H groups in total. The minimum atomic E-state index is -0.479. The lowest BCUT2D eigenvalue weighted by atomic mass is 10.2. The summed E-state index contributed by atoms with van der Waals surface area (Å²) >= 11 is 0. The molecule has 0 radical (unpaired) electrons. The Morgan fingerprint density at radius 2 is 2.06 bits per heavy atom. The molecule has 100 valence electrons. The highest BCUT2D eigenvalue weighted by Gasteiger charge is 2.06. The Labute approximate surface area is 107 Å². The fourth-order valence-corrected chi connectivity index (χ4v) is 1.51. The second kappa shape index (κ2) is 7.08. The molecule has 18 heavy (non-hydrogen) atoms. The lowest BCUT2D eigenvalue weighted by molar-refractivity contribution is -0.122. The average Bonchev–Trinajstić information content (AvgIpc) is 2.32. The zero-order valence-electron chi connectivity index (χ0n) is 10.8. The summed E-state index contributed by atoms with van der Waals surface area (Å²) in [4.78, 5) is 13.3. The van der Waals surface area contributed by atoms with Gasteiger partial charge in [0.25, 0.3) is 0 Å². The first kappa shape index (κ1) is 14.6. The Balaban J connectivity index is 2.27. The zero-order valence-corrected chi connectivity index (χ0v) is 10.8. The lowest BCUT2D eigenvalue weighted by Crippen LogP contribution is -2.41. The Bertz CT molecular complexity index is 378. The number of hydrogen-bond donors (Lipinski definition) is 2. The van der Waals surface area contributed by atoms with Crippen molar-refractivity contribution in [3.05, 3.63) is 35.6 Å². The molecule has 0 saturated heterocycles. The predicted octanol–water partition coefficient (Wildman–Crippen LogP) is 0.721. The molecule has 0 unspecified atom stereocenters. The van der Waals surface area contributed by atoms with Gasteiger partial charge in [0.1, 0.15) is 5.82 Å². The van der Waals surface area contributed by atoms with E-state index in [1.165, 1.54) is 12.1 Å². The van der Waals surface area contributed by atoms with E-state index >= 15 is 0 Å². The average molecular weight is 253 g/mol. The maximum Gasteiger partial charge on any atom is 0.236 e. The molecule has 1 atom stereocenters. The van der Waals surface area contributed by atoms with E-state index in [-0.39, 0.29) is 11.7 Å². The van der Waals surface area contributed by atoms with Crippen LogP contribution in [0.3, 0.4) is 0 Å². The van der Waals surface area contributed by atoms with E-state index in [4.69, 9.17) is 5.73 Å². The summed E-state index contributed by atoms with van der Waals surface area (Å²) in [6, 6.07) is 5.92. The number of benzene rings is 1. The third kappa shape index (κ3) is 5.25. The van der Waals surface area contributed by atoms with Crippen molar-refractivity contribution in [3.8, 4) is 0 Å². The molecule has 0 aliphatic heterocycles. The molecule has 0 saturated carbocycles. The van der Waals surface area contributed by atoms with E-state index in [1.54, 1.807) is 19.1 Å². The van der Waals surface area contributed by atoms with E-state index in [2.05, 4.69) is 10.2 Å². The van der Waals surface area contributed by atoms with Gasteiger partial charge >= 0.3 is 0 Å². The van der Waals surface area contributed by atoms with Crippen LogP contribution in [0.5, 0.6) is 0 Å². The number of halogens is 1. The molecule has 0 aliphatic rings. The smallest absolute Gasteiger partial charge is 0.236 e. The molecule has 0 fully saturated rings. The largest absolute Gasteiger partial charge is 0.353 e. The minimum absolute atomic E-state index is 0.148. The van der Waals surface area contributed by atoms with Crippen LogP contribution in [0.25, 0.3) is 0 Å². The van der Waals surface area contributed by atoms with Crippen molar-refractivity contribution in [2.24, 2.45) is 5.73 Å². The van der Waals surface area contributed by atoms with E-state index in [1.807, 2.05) is 7.05 Å². The van der Waals surface area contributed by atoms with Crippen molar-refractivity contribution in [1.29, 1.82) is 0 Å². The SMILES string of the molecule is C[C@@H](N)C(=O)NCCN(C)Cc1ccc(F)cc1. The molecule has 1 amide bonds. The summed E-state index contributed by atoms with van der Waals surface area (Å²) in [7, 11) is 1.95. The highest BCUT2D eigenvalue weighted by molar-refractivity contribution is 5.80. The first-order chi connectivity index (χ1) is 8.49. The Hall–Kier alpha value is -1.46. The first-order valence-corrected chi connectivity index (χ1v) is 5.95. The van der Waals surface area contributed by atoms with Crippen LogP contribution in [-0.2, 0) is 11.3 Å². The van der Waals surface area contributed by atoms with Crippen molar-refractivity contribution in [2.45, 2.75) is 19.5 Å². The number of nitrogens with zero attached hydrogens (tertiary/aromatic N) is 1. The summed E-state index contributed by atoms with van der Waals surface area (Å²) in [5.41, 5.74) is 6.47. The summed E-state index contributed by atoms with van der Waals surface area (Å²) in [5.74, 6) is -0.379. The normalized spacial score (nSPS) is 12.5. The van der Waals surface area contributed by atoms with Gasteiger partial charge in [-0.3, -0.25) is 4.79 Å². The standard InChI is InChI=1S/C13H20FN3O/c1-10(15)13(18)16-7-8-17(2)9-11-3-5-12(14)6-4-11/h3-6,10H,7-9,15H2,1-2H3,(H,16,18)/t10-/m1/s1. The van der Waals surface area contributed by atoms with Crippen LogP contribution in [0.2, 0.25) is 0 Å². The van der Waals surface area contributed by atoms with E-state index in [9.17, 15) is 9.18 Å². The maximum atomic E-state index is 12.7. The molecule has 1 aromatic carbocycles. The maximum absolute atomic E-state index is 12.7. The van der Waals surface area contributed by atoms with Gasteiger partial charge in [-0.05, 0) is 31.7 Å². The van der Waals surface area contributed by atoms with Crippen LogP contribution in [-0.4, -0.2) is 37.0 Å². The van der Waals surface area contributed by atoms with Gasteiger partial charge in [0, 0.05) is 19.6 Å². The topological polar surface area (TPSA) is 58.4 Å². The number of nitrogens with two attached hydrogens (primary N) is 1. The number of likely N-dealkylation sites (N-methyl/N-ethyl adjacent to an activating group) is 1. The Morgan fingerprint density at radius 1 is 1.44 bits per heavy atom. The second-order valence-electron chi connectivity index (χ2n) is 4.44. The van der Waals surface area contributed by atoms with Crippen LogP contribution in [0.4, 0.5) is 4.39 Å². The van der Waals surface area contributed by atoms with E-state index < -0.39 is 6.04 Å². The molecule has 0 aromatic heterocycles. The van der Waals surface area contributed by atoms with E-state index in [0.29, 0.717) is 13.1 Å². The molecule has 0 heterocycles. The van der Waals surface area contributed by atoms with Crippen LogP contribution in [0.1, 0.15) is 12.5 Å². The molecule has 0 aliphatic carbocycles. The first-order valence-electron chi connectivity index (χ1n) is 5.95. The minimum Gasteiger partial charge on any atom is -0.353 e. The van der Waals surface area contributed by atoms with Crippen molar-refractivity contribution < 1.29 is 9.18 Å².